The second kappa shape index (κ2) is 7.53. The van der Waals surface area contributed by atoms with Gasteiger partial charge < -0.3 is 4.74 Å². The Hall–Kier alpha value is -1.98. The van der Waals surface area contributed by atoms with Crippen molar-refractivity contribution in [3.05, 3.63) is 47.1 Å². The quantitative estimate of drug-likeness (QED) is 0.901. The van der Waals surface area contributed by atoms with Crippen LogP contribution in [0.25, 0.3) is 0 Å². The minimum Gasteiger partial charge on any atom is -0.492 e. The number of halogens is 2. The highest BCUT2D eigenvalue weighted by Crippen LogP contribution is 2.37. The van der Waals surface area contributed by atoms with Gasteiger partial charge in [-0.2, -0.15) is 0 Å². The van der Waals surface area contributed by atoms with E-state index in [4.69, 9.17) is 16.3 Å². The number of carbonyl (C=O) groups excluding carboxylic acids is 1. The van der Waals surface area contributed by atoms with Gasteiger partial charge in [-0.25, -0.2) is 9.78 Å². The highest BCUT2D eigenvalue weighted by molar-refractivity contribution is 6.32. The van der Waals surface area contributed by atoms with Crippen LogP contribution in [0.2, 0.25) is 5.02 Å². The summed E-state index contributed by atoms with van der Waals surface area (Å²) in [7, 11) is 0. The van der Waals surface area contributed by atoms with E-state index in [1.807, 2.05) is 19.1 Å². The van der Waals surface area contributed by atoms with Crippen molar-refractivity contribution in [3.8, 4) is 5.75 Å². The summed E-state index contributed by atoms with van der Waals surface area (Å²) in [6.45, 7) is 3.08. The molecule has 0 spiro atoms. The minimum atomic E-state index is -0.210. The van der Waals surface area contributed by atoms with E-state index in [9.17, 15) is 4.79 Å². The van der Waals surface area contributed by atoms with Crippen molar-refractivity contribution in [2.75, 3.05) is 23.4 Å². The smallest absolute Gasteiger partial charge is 0.327 e. The van der Waals surface area contributed by atoms with E-state index in [2.05, 4.69) is 10.3 Å². The van der Waals surface area contributed by atoms with Gasteiger partial charge in [0.1, 0.15) is 11.6 Å². The van der Waals surface area contributed by atoms with Crippen molar-refractivity contribution < 1.29 is 9.53 Å². The number of urea groups is 1. The van der Waals surface area contributed by atoms with E-state index in [1.165, 1.54) is 0 Å². The van der Waals surface area contributed by atoms with Gasteiger partial charge in [0.25, 0.3) is 0 Å². The molecular formula is C16H17Cl2N3O2. The number of amides is 2. The fraction of sp³-hybridized carbons (Fsp3) is 0.250. The number of hydrogen-bond acceptors (Lipinski definition) is 3. The topological polar surface area (TPSA) is 54.5 Å². The van der Waals surface area contributed by atoms with Gasteiger partial charge in [0.05, 0.1) is 17.3 Å². The number of nitrogens with zero attached hydrogens (tertiary/aromatic N) is 2. The molecule has 1 aromatic carbocycles. The second-order valence-corrected chi connectivity index (χ2v) is 5.30. The van der Waals surface area contributed by atoms with E-state index in [0.29, 0.717) is 29.7 Å². The van der Waals surface area contributed by atoms with Crippen LogP contribution < -0.4 is 15.0 Å². The first-order valence-electron chi connectivity index (χ1n) is 7.14. The molecule has 7 heteroatoms. The molecule has 0 fully saturated rings. The molecule has 2 aromatic rings. The van der Waals surface area contributed by atoms with Crippen LogP contribution in [0.4, 0.5) is 16.3 Å². The molecule has 3 rings (SSSR count). The van der Waals surface area contributed by atoms with Crippen LogP contribution >= 0.6 is 24.0 Å². The van der Waals surface area contributed by atoms with Crippen LogP contribution in [0.1, 0.15) is 12.5 Å². The van der Waals surface area contributed by atoms with Gasteiger partial charge in [-0.05, 0) is 43.2 Å². The summed E-state index contributed by atoms with van der Waals surface area (Å²) in [5, 5.41) is 3.30. The molecule has 5 nitrogen and oxygen atoms in total. The number of ether oxygens (including phenoxy) is 1. The Morgan fingerprint density at radius 2 is 2.26 bits per heavy atom. The minimum absolute atomic E-state index is 0. The molecule has 1 aliphatic heterocycles. The predicted octanol–water partition coefficient (Wildman–Crippen LogP) is 4.15. The summed E-state index contributed by atoms with van der Waals surface area (Å²) >= 11 is 6.22. The van der Waals surface area contributed by atoms with Crippen LogP contribution in [0, 0.1) is 0 Å². The van der Waals surface area contributed by atoms with Gasteiger partial charge in [0.15, 0.2) is 0 Å². The number of pyridine rings is 1. The summed E-state index contributed by atoms with van der Waals surface area (Å²) in [4.78, 5) is 18.2. The molecule has 0 saturated heterocycles. The fourth-order valence-corrected chi connectivity index (χ4v) is 2.69. The molecule has 0 radical (unpaired) electrons. The standard InChI is InChI=1S/C16H16ClN3O2.ClH/c1-2-22-14-9-11-6-8-20(13(11)10-12(14)17)16(21)19-15-5-3-4-7-18-15;/h3-5,7,9-10H,2,6,8H2,1H3,(H,18,19,21);1H. The number of nitrogens with one attached hydrogen (secondary N) is 1. The first-order chi connectivity index (χ1) is 10.7. The van der Waals surface area contributed by atoms with Gasteiger partial charge in [0, 0.05) is 12.7 Å². The maximum absolute atomic E-state index is 12.4. The van der Waals surface area contributed by atoms with Crippen LogP contribution in [0.15, 0.2) is 36.5 Å². The van der Waals surface area contributed by atoms with Gasteiger partial charge >= 0.3 is 6.03 Å². The molecule has 1 aromatic heterocycles. The van der Waals surface area contributed by atoms with E-state index >= 15 is 0 Å². The number of aromatic nitrogens is 1. The Morgan fingerprint density at radius 3 is 2.96 bits per heavy atom. The van der Waals surface area contributed by atoms with Crippen LogP contribution in [0.5, 0.6) is 5.75 Å². The summed E-state index contributed by atoms with van der Waals surface area (Å²) in [5.41, 5.74) is 1.88. The number of rotatable bonds is 3. The largest absolute Gasteiger partial charge is 0.492 e. The molecule has 23 heavy (non-hydrogen) atoms. The molecule has 1 N–H and O–H groups in total. The Balaban J connectivity index is 0.00000192. The van der Waals surface area contributed by atoms with Crippen LogP contribution in [0.3, 0.4) is 0 Å². The maximum atomic E-state index is 12.4. The van der Waals surface area contributed by atoms with E-state index in [-0.39, 0.29) is 18.4 Å². The van der Waals surface area contributed by atoms with E-state index in [0.717, 1.165) is 17.7 Å². The molecule has 2 amide bonds. The Morgan fingerprint density at radius 1 is 1.43 bits per heavy atom. The van der Waals surface area contributed by atoms with Crippen LogP contribution in [-0.2, 0) is 6.42 Å². The fourth-order valence-electron chi connectivity index (χ4n) is 2.48. The monoisotopic (exact) mass is 353 g/mol. The van der Waals surface area contributed by atoms with Gasteiger partial charge in [0.2, 0.25) is 0 Å². The van der Waals surface area contributed by atoms with E-state index < -0.39 is 0 Å². The maximum Gasteiger partial charge on any atom is 0.327 e. The second-order valence-electron chi connectivity index (χ2n) is 4.89. The molecule has 0 atom stereocenters. The SMILES string of the molecule is CCOc1cc2c(cc1Cl)N(C(=O)Nc1ccccn1)CC2.Cl. The van der Waals surface area contributed by atoms with Crippen molar-refractivity contribution in [2.24, 2.45) is 0 Å². The average molecular weight is 354 g/mol. The highest BCUT2D eigenvalue weighted by Gasteiger charge is 2.26. The Kier molecular flexibility index (Phi) is 5.69. The molecular weight excluding hydrogens is 337 g/mol. The highest BCUT2D eigenvalue weighted by atomic mass is 35.5. The third-order valence-electron chi connectivity index (χ3n) is 3.47. The lowest BCUT2D eigenvalue weighted by molar-refractivity contribution is 0.257. The van der Waals surface area contributed by atoms with Crippen molar-refractivity contribution in [2.45, 2.75) is 13.3 Å². The van der Waals surface area contributed by atoms with Gasteiger partial charge in [-0.1, -0.05) is 17.7 Å². The molecule has 0 bridgehead atoms. The first-order valence-corrected chi connectivity index (χ1v) is 7.51. The zero-order valence-electron chi connectivity index (χ0n) is 12.6. The van der Waals surface area contributed by atoms with Crippen LogP contribution in [-0.4, -0.2) is 24.2 Å². The normalized spacial score (nSPS) is 12.3. The lowest BCUT2D eigenvalue weighted by atomic mass is 10.1. The Bertz CT molecular complexity index is 695. The first kappa shape index (κ1) is 17.4. The summed E-state index contributed by atoms with van der Waals surface area (Å²) in [6.07, 6.45) is 2.42. The van der Waals surface area contributed by atoms with Crippen molar-refractivity contribution >= 4 is 41.5 Å². The summed E-state index contributed by atoms with van der Waals surface area (Å²) in [5.74, 6) is 1.19. The van der Waals surface area contributed by atoms with Gasteiger partial charge in [-0.15, -0.1) is 12.4 Å². The number of fused-ring (bicyclic) bond motifs is 1. The van der Waals surface area contributed by atoms with Crippen molar-refractivity contribution in [3.63, 3.8) is 0 Å². The number of carbonyl (C=O) groups is 1. The Labute approximate surface area is 146 Å². The van der Waals surface area contributed by atoms with E-state index in [1.54, 1.807) is 29.3 Å². The number of benzene rings is 1. The molecule has 1 aliphatic rings. The third kappa shape index (κ3) is 3.68. The third-order valence-corrected chi connectivity index (χ3v) is 3.77. The number of anilines is 2. The molecule has 0 aliphatic carbocycles. The molecule has 0 saturated carbocycles. The predicted molar refractivity (Wildman–Crippen MR) is 94.2 cm³/mol. The average Bonchev–Trinajstić information content (AvgIpc) is 2.91. The van der Waals surface area contributed by atoms with Gasteiger partial charge in [-0.3, -0.25) is 10.2 Å². The molecule has 0 unspecified atom stereocenters. The van der Waals surface area contributed by atoms with Crippen molar-refractivity contribution in [1.82, 2.24) is 4.98 Å². The lowest BCUT2D eigenvalue weighted by Crippen LogP contribution is -2.33. The van der Waals surface area contributed by atoms with Crippen molar-refractivity contribution in [1.29, 1.82) is 0 Å². The zero-order valence-corrected chi connectivity index (χ0v) is 14.2. The zero-order chi connectivity index (χ0) is 15.5. The molecule has 122 valence electrons. The lowest BCUT2D eigenvalue weighted by Gasteiger charge is -2.18. The number of hydrogen-bond donors (Lipinski definition) is 1. The summed E-state index contributed by atoms with van der Waals surface area (Å²) < 4.78 is 5.49. The summed E-state index contributed by atoms with van der Waals surface area (Å²) in [6, 6.07) is 8.86. The molecule has 2 heterocycles.